The van der Waals surface area contributed by atoms with Crippen LogP contribution in [0, 0.1) is 18.3 Å². The summed E-state index contributed by atoms with van der Waals surface area (Å²) < 4.78 is 43.3. The zero-order valence-corrected chi connectivity index (χ0v) is 17.5. The number of pyridine rings is 1. The molecule has 3 rings (SSSR count). The molecule has 3 N–H and O–H groups in total. The Morgan fingerprint density at radius 1 is 1.33 bits per heavy atom. The number of primary amides is 1. The number of nitrogens with one attached hydrogen (secondary N) is 1. The van der Waals surface area contributed by atoms with E-state index in [0.29, 0.717) is 5.56 Å². The van der Waals surface area contributed by atoms with Crippen molar-refractivity contribution in [3.8, 4) is 17.8 Å². The molecule has 0 unspecified atom stereocenters. The van der Waals surface area contributed by atoms with E-state index in [-0.39, 0.29) is 33.3 Å². The number of carbonyl (C=O) groups excluding carboxylic acids is 2. The largest absolute Gasteiger partial charge is 0.467 e. The molecule has 0 aliphatic heterocycles. The lowest BCUT2D eigenvalue weighted by Crippen LogP contribution is -2.22. The molecule has 170 valence electrons. The van der Waals surface area contributed by atoms with Crippen LogP contribution in [-0.2, 0) is 0 Å². The first-order chi connectivity index (χ1) is 15.5. The molecule has 0 saturated carbocycles. The summed E-state index contributed by atoms with van der Waals surface area (Å²) in [6.45, 7) is -0.102. The van der Waals surface area contributed by atoms with E-state index in [1.54, 1.807) is 0 Å². The average Bonchev–Trinajstić information content (AvgIpc) is 3.17. The summed E-state index contributed by atoms with van der Waals surface area (Å²) in [5.74, 6) is -2.33. The maximum absolute atomic E-state index is 13.1. The van der Waals surface area contributed by atoms with Gasteiger partial charge in [0.05, 0.1) is 27.9 Å². The number of anilines is 1. The molecule has 1 aromatic carbocycles. The summed E-state index contributed by atoms with van der Waals surface area (Å²) in [7, 11) is 0. The van der Waals surface area contributed by atoms with Gasteiger partial charge in [-0.1, -0.05) is 11.6 Å². The maximum Gasteiger partial charge on any atom is 0.422 e. The number of nitrogens with zero attached hydrogens (tertiary/aromatic N) is 4. The van der Waals surface area contributed by atoms with Crippen LogP contribution in [0.5, 0.6) is 5.88 Å². The van der Waals surface area contributed by atoms with Crippen molar-refractivity contribution in [2.24, 2.45) is 5.73 Å². The van der Waals surface area contributed by atoms with Gasteiger partial charge in [-0.3, -0.25) is 9.59 Å². The van der Waals surface area contributed by atoms with Crippen molar-refractivity contribution in [2.45, 2.75) is 13.1 Å². The van der Waals surface area contributed by atoms with Crippen LogP contribution in [0.4, 0.5) is 18.9 Å². The Bertz CT molecular complexity index is 1280. The topological polar surface area (TPSA) is 136 Å². The maximum atomic E-state index is 13.1. The second-order valence-electron chi connectivity index (χ2n) is 6.64. The number of aromatic nitrogens is 3. The van der Waals surface area contributed by atoms with Gasteiger partial charge < -0.3 is 15.8 Å². The van der Waals surface area contributed by atoms with Gasteiger partial charge in [-0.05, 0) is 36.8 Å². The van der Waals surface area contributed by atoms with Gasteiger partial charge in [0.25, 0.3) is 11.8 Å². The van der Waals surface area contributed by atoms with E-state index in [1.807, 2.05) is 6.07 Å². The Morgan fingerprint density at radius 2 is 2.06 bits per heavy atom. The SMILES string of the molecule is Cc1cc(C#N)cc(C(N)=O)c1NC(=O)c1cc(OCC(F)(F)F)nn1-c1ncccc1Cl. The Hall–Kier alpha value is -4.11. The summed E-state index contributed by atoms with van der Waals surface area (Å²) in [5.41, 5.74) is 5.48. The van der Waals surface area contributed by atoms with Crippen molar-refractivity contribution >= 4 is 29.1 Å². The van der Waals surface area contributed by atoms with E-state index in [9.17, 15) is 22.8 Å². The van der Waals surface area contributed by atoms with Gasteiger partial charge in [-0.2, -0.15) is 18.4 Å². The summed E-state index contributed by atoms with van der Waals surface area (Å²) in [6, 6.07) is 8.42. The average molecular weight is 479 g/mol. The van der Waals surface area contributed by atoms with Crippen LogP contribution in [0.25, 0.3) is 5.82 Å². The highest BCUT2D eigenvalue weighted by molar-refractivity contribution is 6.32. The van der Waals surface area contributed by atoms with Crippen molar-refractivity contribution in [1.29, 1.82) is 5.26 Å². The van der Waals surface area contributed by atoms with Crippen molar-refractivity contribution in [2.75, 3.05) is 11.9 Å². The van der Waals surface area contributed by atoms with Crippen molar-refractivity contribution in [3.63, 3.8) is 0 Å². The van der Waals surface area contributed by atoms with Crippen LogP contribution in [0.1, 0.15) is 32.0 Å². The van der Waals surface area contributed by atoms with E-state index in [4.69, 9.17) is 22.6 Å². The van der Waals surface area contributed by atoms with E-state index >= 15 is 0 Å². The van der Waals surface area contributed by atoms with E-state index in [0.717, 1.165) is 10.7 Å². The third-order valence-corrected chi connectivity index (χ3v) is 4.51. The lowest BCUT2D eigenvalue weighted by molar-refractivity contribution is -0.154. The molecule has 3 aromatic rings. The number of amides is 2. The van der Waals surface area contributed by atoms with Gasteiger partial charge in [0.2, 0.25) is 5.88 Å². The normalized spacial score (nSPS) is 11.0. The first-order valence-corrected chi connectivity index (χ1v) is 9.44. The van der Waals surface area contributed by atoms with E-state index in [2.05, 4.69) is 20.1 Å². The molecule has 0 aliphatic rings. The molecule has 2 amide bonds. The minimum absolute atomic E-state index is 0.0177. The third-order valence-electron chi connectivity index (χ3n) is 4.21. The number of carbonyl (C=O) groups is 2. The van der Waals surface area contributed by atoms with Gasteiger partial charge in [-0.15, -0.1) is 5.10 Å². The summed E-state index contributed by atoms with van der Waals surface area (Å²) >= 11 is 6.11. The minimum atomic E-state index is -4.63. The highest BCUT2D eigenvalue weighted by Gasteiger charge is 2.30. The molecule has 0 atom stereocenters. The number of nitrogens with two attached hydrogens (primary N) is 1. The molecule has 2 heterocycles. The quantitative estimate of drug-likeness (QED) is 0.557. The zero-order valence-electron chi connectivity index (χ0n) is 16.8. The molecule has 2 aromatic heterocycles. The number of hydrogen-bond acceptors (Lipinski definition) is 6. The number of hydrogen-bond donors (Lipinski definition) is 2. The zero-order chi connectivity index (χ0) is 24.3. The number of rotatable bonds is 6. The second-order valence-corrected chi connectivity index (χ2v) is 7.05. The van der Waals surface area contributed by atoms with Gasteiger partial charge >= 0.3 is 6.18 Å². The third kappa shape index (κ3) is 5.39. The second kappa shape index (κ2) is 9.17. The monoisotopic (exact) mass is 478 g/mol. The standard InChI is InChI=1S/C20H14ClF3N6O3/c1-10-5-11(8-25)6-12(17(26)31)16(10)28-19(32)14-7-15(33-9-20(22,23)24)29-30(14)18-13(21)3-2-4-27-18/h2-7H,9H2,1H3,(H2,26,31)(H,28,32). The molecule has 33 heavy (non-hydrogen) atoms. The number of ether oxygens (including phenoxy) is 1. The minimum Gasteiger partial charge on any atom is -0.467 e. The molecule has 0 spiro atoms. The molecule has 0 radical (unpaired) electrons. The first kappa shape index (κ1) is 23.6. The summed E-state index contributed by atoms with van der Waals surface area (Å²) in [5, 5.41) is 15.5. The first-order valence-electron chi connectivity index (χ1n) is 9.06. The smallest absolute Gasteiger partial charge is 0.422 e. The Morgan fingerprint density at radius 3 is 2.67 bits per heavy atom. The van der Waals surface area contributed by atoms with Crippen molar-refractivity contribution < 1.29 is 27.5 Å². The van der Waals surface area contributed by atoms with Gasteiger partial charge in [-0.25, -0.2) is 9.67 Å². The van der Waals surface area contributed by atoms with Crippen molar-refractivity contribution in [1.82, 2.24) is 14.8 Å². The molecule has 13 heteroatoms. The Balaban J connectivity index is 2.06. The number of alkyl halides is 3. The number of halogens is 4. The van der Waals surface area contributed by atoms with Crippen LogP contribution >= 0.6 is 11.6 Å². The molecule has 0 bridgehead atoms. The van der Waals surface area contributed by atoms with E-state index < -0.39 is 30.5 Å². The van der Waals surface area contributed by atoms with Crippen molar-refractivity contribution in [3.05, 3.63) is 63.9 Å². The van der Waals surface area contributed by atoms with Crippen LogP contribution < -0.4 is 15.8 Å². The van der Waals surface area contributed by atoms with Crippen LogP contribution in [0.3, 0.4) is 0 Å². The Kier molecular flexibility index (Phi) is 6.55. The van der Waals surface area contributed by atoms with Gasteiger partial charge in [0.1, 0.15) is 5.69 Å². The molecular formula is C20H14ClF3N6O3. The summed E-state index contributed by atoms with van der Waals surface area (Å²) in [4.78, 5) is 29.0. The predicted octanol–water partition coefficient (Wildman–Crippen LogP) is 3.39. The van der Waals surface area contributed by atoms with Gasteiger partial charge in [0, 0.05) is 12.3 Å². The molecule has 0 saturated heterocycles. The molecular weight excluding hydrogens is 465 g/mol. The van der Waals surface area contributed by atoms with Crippen LogP contribution in [0.2, 0.25) is 5.02 Å². The van der Waals surface area contributed by atoms with Crippen LogP contribution in [-0.4, -0.2) is 39.4 Å². The van der Waals surface area contributed by atoms with E-state index in [1.165, 1.54) is 37.4 Å². The fraction of sp³-hybridized carbons (Fsp3) is 0.150. The number of nitriles is 1. The fourth-order valence-electron chi connectivity index (χ4n) is 2.83. The number of aryl methyl sites for hydroxylation is 1. The molecule has 0 fully saturated rings. The lowest BCUT2D eigenvalue weighted by atomic mass is 10.0. The van der Waals surface area contributed by atoms with Gasteiger partial charge in [0.15, 0.2) is 12.4 Å². The fourth-order valence-corrected chi connectivity index (χ4v) is 3.03. The molecule has 9 nitrogen and oxygen atoms in total. The highest BCUT2D eigenvalue weighted by atomic mass is 35.5. The predicted molar refractivity (Wildman–Crippen MR) is 110 cm³/mol. The molecule has 0 aliphatic carbocycles. The Labute approximate surface area is 189 Å². The lowest BCUT2D eigenvalue weighted by Gasteiger charge is -2.13. The van der Waals surface area contributed by atoms with Crippen LogP contribution in [0.15, 0.2) is 36.5 Å². The number of benzene rings is 1. The highest BCUT2D eigenvalue weighted by Crippen LogP contribution is 2.27. The summed E-state index contributed by atoms with van der Waals surface area (Å²) in [6.07, 6.45) is -3.29.